The third-order valence-corrected chi connectivity index (χ3v) is 6.62. The number of aryl methyl sites for hydroxylation is 1. The van der Waals surface area contributed by atoms with Crippen LogP contribution in [-0.2, 0) is 11.3 Å². The molecule has 5 heteroatoms. The molecule has 0 spiro atoms. The summed E-state index contributed by atoms with van der Waals surface area (Å²) in [5.41, 5.74) is 7.61. The molecule has 34 heavy (non-hydrogen) atoms. The van der Waals surface area contributed by atoms with Gasteiger partial charge in [0.25, 0.3) is 0 Å². The lowest BCUT2D eigenvalue weighted by atomic mass is 9.98. The quantitative estimate of drug-likeness (QED) is 0.305. The van der Waals surface area contributed by atoms with Gasteiger partial charge in [0, 0.05) is 42.0 Å². The molecule has 1 aliphatic heterocycles. The summed E-state index contributed by atoms with van der Waals surface area (Å²) in [6.45, 7) is 20.3. The summed E-state index contributed by atoms with van der Waals surface area (Å²) >= 11 is 0. The van der Waals surface area contributed by atoms with Gasteiger partial charge < -0.3 is 15.0 Å². The predicted octanol–water partition coefficient (Wildman–Crippen LogP) is 7.02. The molecule has 182 valence electrons. The van der Waals surface area contributed by atoms with Crippen molar-refractivity contribution in [3.63, 3.8) is 0 Å². The van der Waals surface area contributed by atoms with Gasteiger partial charge in [-0.15, -0.1) is 0 Å². The molecule has 0 aliphatic carbocycles. The van der Waals surface area contributed by atoms with E-state index >= 15 is 0 Å². The first-order chi connectivity index (χ1) is 16.3. The SMILES string of the molecule is C=C/C=C\C(=C(/C)OCC)c1cc(NCc2cccnc2C)c2c(n1)C(C)C(CC)N2C(C)C. The Morgan fingerprint density at radius 2 is 2.09 bits per heavy atom. The van der Waals surface area contributed by atoms with E-state index in [1.165, 1.54) is 11.3 Å². The van der Waals surface area contributed by atoms with Gasteiger partial charge in [-0.2, -0.15) is 0 Å². The fraction of sp³-hybridized carbons (Fsp3) is 0.448. The molecular formula is C29H40N4O. The van der Waals surface area contributed by atoms with Crippen LogP contribution in [0.1, 0.15) is 76.5 Å². The van der Waals surface area contributed by atoms with Gasteiger partial charge >= 0.3 is 0 Å². The van der Waals surface area contributed by atoms with Gasteiger partial charge in [-0.05, 0) is 64.8 Å². The molecule has 2 aromatic heterocycles. The molecule has 0 saturated carbocycles. The number of anilines is 2. The largest absolute Gasteiger partial charge is 0.498 e. The maximum Gasteiger partial charge on any atom is 0.102 e. The van der Waals surface area contributed by atoms with E-state index in [2.05, 4.69) is 68.5 Å². The molecule has 0 aromatic carbocycles. The standard InChI is InChI=1S/C29H40N4O/c1-9-12-15-24(22(8)34-11-3)25-17-26(31-18-23-14-13-16-30-21(23)7)29-28(32-25)20(6)27(10-2)33(29)19(4)5/h9,12-17,19-20,27H,1,10-11,18H2,2-8H3,(H,31,32)/b15-12-,24-22-. The summed E-state index contributed by atoms with van der Waals surface area (Å²) in [5.74, 6) is 1.19. The lowest BCUT2D eigenvalue weighted by Crippen LogP contribution is -2.38. The molecule has 3 heterocycles. The van der Waals surface area contributed by atoms with Gasteiger partial charge in [0.15, 0.2) is 0 Å². The molecule has 0 saturated heterocycles. The lowest BCUT2D eigenvalue weighted by Gasteiger charge is -2.33. The number of nitrogens with one attached hydrogen (secondary N) is 1. The molecule has 2 aromatic rings. The van der Waals surface area contributed by atoms with E-state index < -0.39 is 0 Å². The van der Waals surface area contributed by atoms with E-state index in [1.807, 2.05) is 38.3 Å². The second-order valence-electron chi connectivity index (χ2n) is 9.15. The van der Waals surface area contributed by atoms with E-state index in [0.717, 1.165) is 40.5 Å². The molecular weight excluding hydrogens is 420 g/mol. The highest BCUT2D eigenvalue weighted by molar-refractivity contribution is 5.83. The third kappa shape index (κ3) is 5.19. The summed E-state index contributed by atoms with van der Waals surface area (Å²) in [7, 11) is 0. The first kappa shape index (κ1) is 25.5. The average Bonchev–Trinajstić information content (AvgIpc) is 3.11. The van der Waals surface area contributed by atoms with Crippen LogP contribution >= 0.6 is 0 Å². The van der Waals surface area contributed by atoms with Crippen LogP contribution < -0.4 is 10.2 Å². The van der Waals surface area contributed by atoms with Gasteiger partial charge in [0.1, 0.15) is 5.76 Å². The molecule has 1 aliphatic rings. The van der Waals surface area contributed by atoms with Crippen LogP contribution in [0, 0.1) is 6.92 Å². The second kappa shape index (κ2) is 11.4. The highest BCUT2D eigenvalue weighted by atomic mass is 16.5. The molecule has 5 nitrogen and oxygen atoms in total. The number of fused-ring (bicyclic) bond motifs is 1. The molecule has 2 unspecified atom stereocenters. The smallest absolute Gasteiger partial charge is 0.102 e. The van der Waals surface area contributed by atoms with E-state index in [9.17, 15) is 0 Å². The van der Waals surface area contributed by atoms with Crippen molar-refractivity contribution in [1.82, 2.24) is 9.97 Å². The highest BCUT2D eigenvalue weighted by Gasteiger charge is 2.39. The molecule has 3 rings (SSSR count). The maximum absolute atomic E-state index is 5.90. The van der Waals surface area contributed by atoms with Crippen molar-refractivity contribution in [2.75, 3.05) is 16.8 Å². The Kier molecular flexibility index (Phi) is 8.54. The van der Waals surface area contributed by atoms with Gasteiger partial charge in [-0.25, -0.2) is 0 Å². The number of ether oxygens (including phenoxy) is 1. The number of nitrogens with zero attached hydrogens (tertiary/aromatic N) is 3. The minimum atomic E-state index is 0.333. The summed E-state index contributed by atoms with van der Waals surface area (Å²) in [6, 6.07) is 7.10. The van der Waals surface area contributed by atoms with Gasteiger partial charge in [-0.1, -0.05) is 38.6 Å². The number of allylic oxidation sites excluding steroid dienone is 5. The highest BCUT2D eigenvalue weighted by Crippen LogP contribution is 2.47. The third-order valence-electron chi connectivity index (χ3n) is 6.62. The van der Waals surface area contributed by atoms with Crippen molar-refractivity contribution in [3.05, 3.63) is 77.6 Å². The minimum absolute atomic E-state index is 0.333. The summed E-state index contributed by atoms with van der Waals surface area (Å²) in [6.07, 6.45) is 8.68. The zero-order chi connectivity index (χ0) is 24.8. The Morgan fingerprint density at radius 1 is 1.32 bits per heavy atom. The number of pyridine rings is 2. The van der Waals surface area contributed by atoms with E-state index in [-0.39, 0.29) is 0 Å². The molecule has 0 amide bonds. The zero-order valence-electron chi connectivity index (χ0n) is 21.9. The number of rotatable bonds is 10. The van der Waals surface area contributed by atoms with Gasteiger partial charge in [-0.3, -0.25) is 9.97 Å². The fourth-order valence-electron chi connectivity index (χ4n) is 4.94. The second-order valence-corrected chi connectivity index (χ2v) is 9.15. The predicted molar refractivity (Wildman–Crippen MR) is 144 cm³/mol. The van der Waals surface area contributed by atoms with Crippen LogP contribution in [0.15, 0.2) is 55.0 Å². The maximum atomic E-state index is 5.90. The Labute approximate surface area is 205 Å². The molecule has 2 atom stereocenters. The summed E-state index contributed by atoms with van der Waals surface area (Å²) < 4.78 is 5.90. The van der Waals surface area contributed by atoms with Crippen LogP contribution in [0.4, 0.5) is 11.4 Å². The van der Waals surface area contributed by atoms with Crippen LogP contribution in [0.2, 0.25) is 0 Å². The molecule has 0 fully saturated rings. The van der Waals surface area contributed by atoms with Crippen molar-refractivity contribution < 1.29 is 4.74 Å². The Morgan fingerprint density at radius 3 is 2.71 bits per heavy atom. The Hall–Kier alpha value is -3.08. The molecule has 1 N–H and O–H groups in total. The summed E-state index contributed by atoms with van der Waals surface area (Å²) in [5, 5.41) is 3.75. The van der Waals surface area contributed by atoms with Crippen molar-refractivity contribution in [3.8, 4) is 0 Å². The Balaban J connectivity index is 2.19. The zero-order valence-corrected chi connectivity index (χ0v) is 21.9. The number of hydrogen-bond acceptors (Lipinski definition) is 5. The van der Waals surface area contributed by atoms with Crippen molar-refractivity contribution in [1.29, 1.82) is 0 Å². The van der Waals surface area contributed by atoms with E-state index in [0.29, 0.717) is 31.2 Å². The van der Waals surface area contributed by atoms with Gasteiger partial charge in [0.2, 0.25) is 0 Å². The van der Waals surface area contributed by atoms with Crippen LogP contribution in [0.5, 0.6) is 0 Å². The number of aromatic nitrogens is 2. The minimum Gasteiger partial charge on any atom is -0.498 e. The van der Waals surface area contributed by atoms with Crippen molar-refractivity contribution in [2.24, 2.45) is 0 Å². The Bertz CT molecular complexity index is 1070. The van der Waals surface area contributed by atoms with Crippen LogP contribution in [0.3, 0.4) is 0 Å². The van der Waals surface area contributed by atoms with Gasteiger partial charge in [0.05, 0.1) is 29.4 Å². The van der Waals surface area contributed by atoms with Crippen molar-refractivity contribution >= 4 is 16.9 Å². The molecule has 0 bridgehead atoms. The van der Waals surface area contributed by atoms with Crippen molar-refractivity contribution in [2.45, 2.75) is 79.4 Å². The topological polar surface area (TPSA) is 50.3 Å². The number of hydrogen-bond donors (Lipinski definition) is 1. The fourth-order valence-corrected chi connectivity index (χ4v) is 4.94. The average molecular weight is 461 g/mol. The normalized spacial score (nSPS) is 18.3. The van der Waals surface area contributed by atoms with E-state index in [1.54, 1.807) is 6.08 Å². The van der Waals surface area contributed by atoms with E-state index in [4.69, 9.17) is 9.72 Å². The van der Waals surface area contributed by atoms with Crippen LogP contribution in [-0.4, -0.2) is 28.7 Å². The van der Waals surface area contributed by atoms with Crippen LogP contribution in [0.25, 0.3) is 5.57 Å². The first-order valence-electron chi connectivity index (χ1n) is 12.4. The molecule has 0 radical (unpaired) electrons. The summed E-state index contributed by atoms with van der Waals surface area (Å²) in [4.78, 5) is 12.2. The first-order valence-corrected chi connectivity index (χ1v) is 12.4. The monoisotopic (exact) mass is 460 g/mol. The lowest BCUT2D eigenvalue weighted by molar-refractivity contribution is 0.233.